The number of nitrogens with one attached hydrogen (secondary N) is 1. The molecule has 0 spiro atoms. The molecule has 0 radical (unpaired) electrons. The van der Waals surface area contributed by atoms with Crippen LogP contribution in [0.3, 0.4) is 0 Å². The van der Waals surface area contributed by atoms with Gasteiger partial charge in [-0.1, -0.05) is 60.7 Å². The number of aliphatic hydroxyl groups excluding tert-OH is 1. The molecular weight excluding hydrogens is 272 g/mol. The van der Waals surface area contributed by atoms with Gasteiger partial charge in [-0.05, 0) is 17.5 Å². The fourth-order valence-electron chi connectivity index (χ4n) is 2.17. The normalized spacial score (nSPS) is 13.1. The maximum Gasteiger partial charge on any atom is 0.282 e. The van der Waals surface area contributed by atoms with Gasteiger partial charge in [-0.25, -0.2) is 8.78 Å². The summed E-state index contributed by atoms with van der Waals surface area (Å²) in [5.41, 5.74) is 2.03. The van der Waals surface area contributed by atoms with Crippen LogP contribution in [0.5, 0.6) is 0 Å². The molecule has 1 unspecified atom stereocenters. The van der Waals surface area contributed by atoms with Crippen molar-refractivity contribution in [2.45, 2.75) is 18.4 Å². The Morgan fingerprint density at radius 2 is 1.52 bits per heavy atom. The third-order valence-electron chi connectivity index (χ3n) is 3.32. The standard InChI is InChI=1S/C17H19F2NO/c18-17(19,13-21)12-20-16(15-9-5-2-6-10-15)11-14-7-3-1-4-8-14/h1-10,16,20-21H,11-13H2. The summed E-state index contributed by atoms with van der Waals surface area (Å²) < 4.78 is 26.5. The number of rotatable bonds is 7. The van der Waals surface area contributed by atoms with Crippen LogP contribution in [0.25, 0.3) is 0 Å². The lowest BCUT2D eigenvalue weighted by Crippen LogP contribution is -2.38. The fourth-order valence-corrected chi connectivity index (χ4v) is 2.17. The van der Waals surface area contributed by atoms with Gasteiger partial charge < -0.3 is 10.4 Å². The number of benzene rings is 2. The van der Waals surface area contributed by atoms with E-state index in [4.69, 9.17) is 5.11 Å². The molecule has 2 aromatic carbocycles. The molecule has 0 saturated heterocycles. The molecule has 2 rings (SSSR count). The van der Waals surface area contributed by atoms with Crippen LogP contribution in [0.15, 0.2) is 60.7 Å². The summed E-state index contributed by atoms with van der Waals surface area (Å²) in [5, 5.41) is 11.5. The lowest BCUT2D eigenvalue weighted by Gasteiger charge is -2.22. The highest BCUT2D eigenvalue weighted by Gasteiger charge is 2.28. The van der Waals surface area contributed by atoms with Gasteiger partial charge in [0.25, 0.3) is 5.92 Å². The quantitative estimate of drug-likeness (QED) is 0.821. The van der Waals surface area contributed by atoms with Crippen molar-refractivity contribution >= 4 is 0 Å². The molecular formula is C17H19F2NO. The molecule has 0 heterocycles. The molecule has 0 amide bonds. The van der Waals surface area contributed by atoms with Crippen molar-refractivity contribution in [2.75, 3.05) is 13.2 Å². The molecule has 112 valence electrons. The van der Waals surface area contributed by atoms with Crippen molar-refractivity contribution in [2.24, 2.45) is 0 Å². The molecule has 2 nitrogen and oxygen atoms in total. The van der Waals surface area contributed by atoms with Crippen LogP contribution >= 0.6 is 0 Å². The maximum absolute atomic E-state index is 13.3. The number of halogens is 2. The van der Waals surface area contributed by atoms with Crippen LogP contribution < -0.4 is 5.32 Å². The van der Waals surface area contributed by atoms with Crippen LogP contribution in [0.2, 0.25) is 0 Å². The minimum atomic E-state index is -3.11. The zero-order valence-electron chi connectivity index (χ0n) is 11.7. The van der Waals surface area contributed by atoms with Crippen molar-refractivity contribution in [3.8, 4) is 0 Å². The van der Waals surface area contributed by atoms with E-state index in [1.165, 1.54) is 0 Å². The molecule has 0 aliphatic rings. The van der Waals surface area contributed by atoms with E-state index in [2.05, 4.69) is 5.32 Å². The maximum atomic E-state index is 13.3. The molecule has 0 aromatic heterocycles. The summed E-state index contributed by atoms with van der Waals surface area (Å²) in [5.74, 6) is -3.11. The highest BCUT2D eigenvalue weighted by atomic mass is 19.3. The Balaban J connectivity index is 2.11. The Labute approximate surface area is 123 Å². The van der Waals surface area contributed by atoms with E-state index in [1.54, 1.807) is 0 Å². The summed E-state index contributed by atoms with van der Waals surface area (Å²) in [4.78, 5) is 0. The van der Waals surface area contributed by atoms with E-state index < -0.39 is 19.1 Å². The average molecular weight is 291 g/mol. The van der Waals surface area contributed by atoms with Crippen molar-refractivity contribution in [1.82, 2.24) is 5.32 Å². The smallest absolute Gasteiger partial charge is 0.282 e. The summed E-state index contributed by atoms with van der Waals surface area (Å²) in [6.45, 7) is -1.69. The van der Waals surface area contributed by atoms with E-state index >= 15 is 0 Å². The molecule has 0 aliphatic heterocycles. The molecule has 4 heteroatoms. The Morgan fingerprint density at radius 3 is 2.10 bits per heavy atom. The first-order chi connectivity index (χ1) is 10.1. The lowest BCUT2D eigenvalue weighted by atomic mass is 9.98. The monoisotopic (exact) mass is 291 g/mol. The van der Waals surface area contributed by atoms with Crippen molar-refractivity contribution in [1.29, 1.82) is 0 Å². The first-order valence-corrected chi connectivity index (χ1v) is 6.92. The largest absolute Gasteiger partial charge is 0.390 e. The first kappa shape index (κ1) is 15.6. The molecule has 21 heavy (non-hydrogen) atoms. The zero-order chi connectivity index (χ0) is 15.1. The van der Waals surface area contributed by atoms with E-state index in [-0.39, 0.29) is 6.04 Å². The van der Waals surface area contributed by atoms with Gasteiger partial charge in [-0.3, -0.25) is 0 Å². The third kappa shape index (κ3) is 4.92. The Kier molecular flexibility index (Phi) is 5.42. The van der Waals surface area contributed by atoms with Gasteiger partial charge in [-0.2, -0.15) is 0 Å². The fraction of sp³-hybridized carbons (Fsp3) is 0.294. The predicted octanol–water partition coefficient (Wildman–Crippen LogP) is 3.19. The first-order valence-electron chi connectivity index (χ1n) is 6.92. The molecule has 0 saturated carbocycles. The minimum Gasteiger partial charge on any atom is -0.390 e. The van der Waals surface area contributed by atoms with Gasteiger partial charge in [0, 0.05) is 6.04 Å². The number of hydrogen-bond acceptors (Lipinski definition) is 2. The number of aliphatic hydroxyl groups is 1. The van der Waals surface area contributed by atoms with Gasteiger partial charge in [0.2, 0.25) is 0 Å². The van der Waals surface area contributed by atoms with Gasteiger partial charge in [0.1, 0.15) is 6.61 Å². The van der Waals surface area contributed by atoms with Gasteiger partial charge >= 0.3 is 0 Å². The van der Waals surface area contributed by atoms with Crippen LogP contribution in [0.1, 0.15) is 17.2 Å². The molecule has 1 atom stereocenters. The van der Waals surface area contributed by atoms with E-state index in [9.17, 15) is 8.78 Å². The summed E-state index contributed by atoms with van der Waals surface area (Å²) in [7, 11) is 0. The highest BCUT2D eigenvalue weighted by molar-refractivity contribution is 5.23. The van der Waals surface area contributed by atoms with Crippen LogP contribution in [0, 0.1) is 0 Å². The summed E-state index contributed by atoms with van der Waals surface area (Å²) >= 11 is 0. The SMILES string of the molecule is OCC(F)(F)CNC(Cc1ccccc1)c1ccccc1. The Bertz CT molecular complexity index is 531. The second-order valence-electron chi connectivity index (χ2n) is 5.05. The van der Waals surface area contributed by atoms with E-state index in [0.29, 0.717) is 6.42 Å². The molecule has 2 N–H and O–H groups in total. The highest BCUT2D eigenvalue weighted by Crippen LogP contribution is 2.20. The third-order valence-corrected chi connectivity index (χ3v) is 3.32. The molecule has 0 aliphatic carbocycles. The van der Waals surface area contributed by atoms with Gasteiger partial charge in [-0.15, -0.1) is 0 Å². The van der Waals surface area contributed by atoms with Gasteiger partial charge in [0.05, 0.1) is 6.54 Å². The summed E-state index contributed by atoms with van der Waals surface area (Å²) in [6.07, 6.45) is 0.617. The van der Waals surface area contributed by atoms with Crippen LogP contribution in [-0.4, -0.2) is 24.2 Å². The second-order valence-corrected chi connectivity index (χ2v) is 5.05. The van der Waals surface area contributed by atoms with E-state index in [0.717, 1.165) is 11.1 Å². The summed E-state index contributed by atoms with van der Waals surface area (Å²) in [6, 6.07) is 19.0. The van der Waals surface area contributed by atoms with Crippen LogP contribution in [-0.2, 0) is 6.42 Å². The van der Waals surface area contributed by atoms with Crippen molar-refractivity contribution in [3.63, 3.8) is 0 Å². The molecule has 2 aromatic rings. The number of hydrogen-bond donors (Lipinski definition) is 2. The Hall–Kier alpha value is -1.78. The Morgan fingerprint density at radius 1 is 0.952 bits per heavy atom. The minimum absolute atomic E-state index is 0.217. The topological polar surface area (TPSA) is 32.3 Å². The molecule has 0 fully saturated rings. The van der Waals surface area contributed by atoms with Crippen molar-refractivity contribution in [3.05, 3.63) is 71.8 Å². The second kappa shape index (κ2) is 7.29. The lowest BCUT2D eigenvalue weighted by molar-refractivity contribution is -0.0494. The molecule has 0 bridgehead atoms. The van der Waals surface area contributed by atoms with Crippen LogP contribution in [0.4, 0.5) is 8.78 Å². The van der Waals surface area contributed by atoms with Gasteiger partial charge in [0.15, 0.2) is 0 Å². The predicted molar refractivity (Wildman–Crippen MR) is 79.4 cm³/mol. The number of alkyl halides is 2. The average Bonchev–Trinajstić information content (AvgIpc) is 2.53. The zero-order valence-corrected chi connectivity index (χ0v) is 11.7. The van der Waals surface area contributed by atoms with Crippen molar-refractivity contribution < 1.29 is 13.9 Å². The van der Waals surface area contributed by atoms with E-state index in [1.807, 2.05) is 60.7 Å².